The predicted molar refractivity (Wildman–Crippen MR) is 63.5 cm³/mol. The SMILES string of the molecule is NNc1snnc1COc1ccc(F)c(C(F)(F)F)c1. The number of halogens is 4. The van der Waals surface area contributed by atoms with Gasteiger partial charge in [-0.05, 0) is 18.2 Å². The standard InChI is InChI=1S/C10H8F4N4OS/c11-7-2-1-5(3-6(7)10(12,13)14)19-4-8-9(16-15)20-18-17-8/h1-3,16H,4,15H2. The predicted octanol–water partition coefficient (Wildman–Crippen LogP) is 2.56. The van der Waals surface area contributed by atoms with Crippen LogP contribution < -0.4 is 16.0 Å². The molecule has 10 heteroatoms. The average molecular weight is 308 g/mol. The van der Waals surface area contributed by atoms with Crippen LogP contribution in [-0.2, 0) is 12.8 Å². The summed E-state index contributed by atoms with van der Waals surface area (Å²) in [5, 5.41) is 4.13. The summed E-state index contributed by atoms with van der Waals surface area (Å²) in [4.78, 5) is 0. The van der Waals surface area contributed by atoms with Crippen molar-refractivity contribution in [2.24, 2.45) is 5.84 Å². The molecule has 0 aliphatic carbocycles. The molecule has 0 bridgehead atoms. The zero-order valence-electron chi connectivity index (χ0n) is 9.74. The van der Waals surface area contributed by atoms with Gasteiger partial charge in [0.15, 0.2) is 5.00 Å². The van der Waals surface area contributed by atoms with Crippen LogP contribution in [-0.4, -0.2) is 9.59 Å². The van der Waals surface area contributed by atoms with Gasteiger partial charge < -0.3 is 10.2 Å². The maximum Gasteiger partial charge on any atom is 0.419 e. The van der Waals surface area contributed by atoms with Gasteiger partial charge in [-0.3, -0.25) is 0 Å². The van der Waals surface area contributed by atoms with Gasteiger partial charge >= 0.3 is 6.18 Å². The Kier molecular flexibility index (Phi) is 4.04. The van der Waals surface area contributed by atoms with Gasteiger partial charge in [-0.25, -0.2) is 10.2 Å². The number of nitrogen functional groups attached to an aromatic ring is 1. The molecule has 1 aromatic carbocycles. The Bertz CT molecular complexity index is 601. The topological polar surface area (TPSA) is 73.1 Å². The first-order valence-electron chi connectivity index (χ1n) is 5.19. The summed E-state index contributed by atoms with van der Waals surface area (Å²) < 4.78 is 59.4. The highest BCUT2D eigenvalue weighted by molar-refractivity contribution is 7.10. The van der Waals surface area contributed by atoms with E-state index in [9.17, 15) is 17.6 Å². The van der Waals surface area contributed by atoms with Crippen molar-refractivity contribution in [1.82, 2.24) is 9.59 Å². The molecule has 108 valence electrons. The van der Waals surface area contributed by atoms with Gasteiger partial charge in [0.25, 0.3) is 0 Å². The molecule has 2 aromatic rings. The third kappa shape index (κ3) is 3.14. The highest BCUT2D eigenvalue weighted by Crippen LogP contribution is 2.33. The summed E-state index contributed by atoms with van der Waals surface area (Å²) in [7, 11) is 0. The van der Waals surface area contributed by atoms with Gasteiger partial charge in [0, 0.05) is 11.5 Å². The lowest BCUT2D eigenvalue weighted by molar-refractivity contribution is -0.140. The lowest BCUT2D eigenvalue weighted by Crippen LogP contribution is -2.10. The molecule has 0 aliphatic rings. The minimum absolute atomic E-state index is 0.130. The second-order valence-corrected chi connectivity index (χ2v) is 4.38. The van der Waals surface area contributed by atoms with E-state index in [0.29, 0.717) is 22.8 Å². The molecule has 0 fully saturated rings. The fourth-order valence-electron chi connectivity index (χ4n) is 1.38. The van der Waals surface area contributed by atoms with Crippen LogP contribution in [0, 0.1) is 5.82 Å². The van der Waals surface area contributed by atoms with E-state index in [4.69, 9.17) is 10.6 Å². The van der Waals surface area contributed by atoms with Gasteiger partial charge in [0.05, 0.1) is 5.56 Å². The Morgan fingerprint density at radius 2 is 2.10 bits per heavy atom. The van der Waals surface area contributed by atoms with E-state index in [2.05, 4.69) is 15.0 Å². The van der Waals surface area contributed by atoms with E-state index >= 15 is 0 Å². The lowest BCUT2D eigenvalue weighted by atomic mass is 10.2. The fourth-order valence-corrected chi connectivity index (χ4v) is 1.85. The molecule has 1 heterocycles. The molecule has 3 N–H and O–H groups in total. The monoisotopic (exact) mass is 308 g/mol. The summed E-state index contributed by atoms with van der Waals surface area (Å²) in [5.74, 6) is 3.70. The first kappa shape index (κ1) is 14.5. The highest BCUT2D eigenvalue weighted by atomic mass is 32.1. The number of benzene rings is 1. The van der Waals surface area contributed by atoms with Crippen LogP contribution in [0.1, 0.15) is 11.3 Å². The number of nitrogens with zero attached hydrogens (tertiary/aromatic N) is 2. The summed E-state index contributed by atoms with van der Waals surface area (Å²) in [6, 6.07) is 2.38. The Morgan fingerprint density at radius 3 is 2.75 bits per heavy atom. The van der Waals surface area contributed by atoms with Crippen molar-refractivity contribution in [3.8, 4) is 5.75 Å². The normalized spacial score (nSPS) is 11.4. The van der Waals surface area contributed by atoms with Gasteiger partial charge in [-0.1, -0.05) is 4.49 Å². The van der Waals surface area contributed by atoms with Crippen LogP contribution in [0.5, 0.6) is 5.75 Å². The number of rotatable bonds is 4. The molecule has 0 aliphatic heterocycles. The number of nitrogens with one attached hydrogen (secondary N) is 1. The third-order valence-corrected chi connectivity index (χ3v) is 3.00. The maximum atomic E-state index is 13.1. The number of hydrogen-bond donors (Lipinski definition) is 2. The van der Waals surface area contributed by atoms with Crippen molar-refractivity contribution in [2.75, 3.05) is 5.43 Å². The largest absolute Gasteiger partial charge is 0.487 e. The van der Waals surface area contributed by atoms with Gasteiger partial charge in [-0.2, -0.15) is 13.2 Å². The highest BCUT2D eigenvalue weighted by Gasteiger charge is 2.34. The number of hydrazine groups is 1. The summed E-state index contributed by atoms with van der Waals surface area (Å²) in [5.41, 5.74) is 1.29. The van der Waals surface area contributed by atoms with E-state index in [0.717, 1.165) is 17.6 Å². The fraction of sp³-hybridized carbons (Fsp3) is 0.200. The number of hydrogen-bond acceptors (Lipinski definition) is 6. The van der Waals surface area contributed by atoms with Crippen molar-refractivity contribution in [3.05, 3.63) is 35.3 Å². The van der Waals surface area contributed by atoms with Crippen molar-refractivity contribution < 1.29 is 22.3 Å². The van der Waals surface area contributed by atoms with Crippen molar-refractivity contribution in [1.29, 1.82) is 0 Å². The Labute approximate surface area is 114 Å². The molecule has 0 unspecified atom stereocenters. The molecule has 2 rings (SSSR count). The minimum atomic E-state index is -4.78. The molecule has 0 atom stereocenters. The van der Waals surface area contributed by atoms with Gasteiger partial charge in [-0.15, -0.1) is 5.10 Å². The zero-order chi connectivity index (χ0) is 14.8. The number of nitrogens with two attached hydrogens (primary N) is 1. The Balaban J connectivity index is 2.15. The van der Waals surface area contributed by atoms with E-state index in [1.807, 2.05) is 0 Å². The molecule has 0 amide bonds. The minimum Gasteiger partial charge on any atom is -0.487 e. The molecule has 0 spiro atoms. The molecule has 20 heavy (non-hydrogen) atoms. The molecular weight excluding hydrogens is 300 g/mol. The molecule has 0 saturated heterocycles. The Hall–Kier alpha value is -1.94. The van der Waals surface area contributed by atoms with Gasteiger partial charge in [0.1, 0.15) is 23.9 Å². The summed E-state index contributed by atoms with van der Waals surface area (Å²) >= 11 is 0.977. The smallest absolute Gasteiger partial charge is 0.419 e. The van der Waals surface area contributed by atoms with Crippen molar-refractivity contribution in [3.63, 3.8) is 0 Å². The first-order chi connectivity index (χ1) is 9.41. The lowest BCUT2D eigenvalue weighted by Gasteiger charge is -2.10. The van der Waals surface area contributed by atoms with Gasteiger partial charge in [0.2, 0.25) is 0 Å². The maximum absolute atomic E-state index is 13.1. The number of anilines is 1. The van der Waals surface area contributed by atoms with Crippen LogP contribution >= 0.6 is 11.5 Å². The van der Waals surface area contributed by atoms with E-state index < -0.39 is 17.6 Å². The van der Waals surface area contributed by atoms with Crippen LogP contribution in [0.4, 0.5) is 22.6 Å². The Morgan fingerprint density at radius 1 is 1.35 bits per heavy atom. The first-order valence-corrected chi connectivity index (χ1v) is 5.96. The number of aromatic nitrogens is 2. The summed E-state index contributed by atoms with van der Waals surface area (Å²) in [6.45, 7) is -0.140. The zero-order valence-corrected chi connectivity index (χ0v) is 10.6. The number of alkyl halides is 3. The number of ether oxygens (including phenoxy) is 1. The average Bonchev–Trinajstić information content (AvgIpc) is 2.84. The summed E-state index contributed by atoms with van der Waals surface area (Å²) in [6.07, 6.45) is -4.78. The molecule has 0 saturated carbocycles. The second-order valence-electron chi connectivity index (χ2n) is 3.62. The van der Waals surface area contributed by atoms with E-state index in [-0.39, 0.29) is 12.4 Å². The molecule has 1 aromatic heterocycles. The quantitative estimate of drug-likeness (QED) is 0.516. The van der Waals surface area contributed by atoms with E-state index in [1.165, 1.54) is 0 Å². The van der Waals surface area contributed by atoms with Crippen LogP contribution in [0.25, 0.3) is 0 Å². The molecular formula is C10H8F4N4OS. The third-order valence-electron chi connectivity index (χ3n) is 2.31. The van der Waals surface area contributed by atoms with Crippen molar-refractivity contribution >= 4 is 16.5 Å². The second kappa shape index (κ2) is 5.59. The van der Waals surface area contributed by atoms with Crippen LogP contribution in [0.15, 0.2) is 18.2 Å². The van der Waals surface area contributed by atoms with E-state index in [1.54, 1.807) is 0 Å². The van der Waals surface area contributed by atoms with Crippen LogP contribution in [0.3, 0.4) is 0 Å². The molecule has 0 radical (unpaired) electrons. The molecule has 5 nitrogen and oxygen atoms in total. The van der Waals surface area contributed by atoms with Crippen molar-refractivity contribution in [2.45, 2.75) is 12.8 Å². The van der Waals surface area contributed by atoms with Crippen LogP contribution in [0.2, 0.25) is 0 Å².